The summed E-state index contributed by atoms with van der Waals surface area (Å²) in [7, 11) is 1.45. The Bertz CT molecular complexity index is 833. The monoisotopic (exact) mass is 358 g/mol. The van der Waals surface area contributed by atoms with E-state index < -0.39 is 0 Å². The van der Waals surface area contributed by atoms with E-state index in [1.807, 2.05) is 11.8 Å². The summed E-state index contributed by atoms with van der Waals surface area (Å²) >= 11 is 0. The Morgan fingerprint density at radius 2 is 2.08 bits per heavy atom. The fourth-order valence-electron chi connectivity index (χ4n) is 2.82. The fraction of sp³-hybridized carbons (Fsp3) is 0.471. The molecule has 0 radical (unpaired) electrons. The van der Waals surface area contributed by atoms with Gasteiger partial charge in [0.1, 0.15) is 12.4 Å². The molecule has 3 rings (SSSR count). The van der Waals surface area contributed by atoms with E-state index in [4.69, 9.17) is 4.74 Å². The Kier molecular flexibility index (Phi) is 5.57. The van der Waals surface area contributed by atoms with E-state index in [2.05, 4.69) is 20.3 Å². The van der Waals surface area contributed by atoms with Gasteiger partial charge in [0.2, 0.25) is 11.9 Å². The van der Waals surface area contributed by atoms with Crippen molar-refractivity contribution in [1.82, 2.24) is 24.8 Å². The predicted octanol–water partition coefficient (Wildman–Crippen LogP) is 0.0146. The summed E-state index contributed by atoms with van der Waals surface area (Å²) in [6.45, 7) is 3.88. The number of fused-ring (bicyclic) bond motifs is 1. The molecule has 3 heterocycles. The second kappa shape index (κ2) is 8.05. The lowest BCUT2D eigenvalue weighted by atomic mass is 10.3. The zero-order valence-corrected chi connectivity index (χ0v) is 14.9. The van der Waals surface area contributed by atoms with Gasteiger partial charge in [0.25, 0.3) is 5.56 Å². The van der Waals surface area contributed by atoms with E-state index in [9.17, 15) is 9.59 Å². The molecule has 9 nitrogen and oxygen atoms in total. The maximum absolute atomic E-state index is 12.4. The molecule has 0 atom stereocenters. The number of nitrogens with zero attached hydrogens (tertiary/aromatic N) is 5. The van der Waals surface area contributed by atoms with Crippen LogP contribution in [0, 0.1) is 6.92 Å². The third kappa shape index (κ3) is 4.23. The number of hydrogen-bond donors (Lipinski definition) is 1. The van der Waals surface area contributed by atoms with Crippen molar-refractivity contribution in [3.05, 3.63) is 45.9 Å². The van der Waals surface area contributed by atoms with Gasteiger partial charge in [-0.1, -0.05) is 0 Å². The van der Waals surface area contributed by atoms with Crippen LogP contribution >= 0.6 is 0 Å². The summed E-state index contributed by atoms with van der Waals surface area (Å²) in [5.74, 6) is 1.02. The quantitative estimate of drug-likeness (QED) is 0.803. The summed E-state index contributed by atoms with van der Waals surface area (Å²) in [6.07, 6.45) is 4.35. The molecule has 2 aromatic heterocycles. The van der Waals surface area contributed by atoms with E-state index >= 15 is 0 Å². The standard InChI is InChI=1S/C17H22N6O3/c1-12-7-19-17(20-8-12)22-4-3-5-23-14(10-22)21-13(6-16(23)25)9-18-15(24)11-26-2/h6-8H,3-5,9-11H2,1-2H3,(H,18,24). The second-order valence-corrected chi connectivity index (χ2v) is 6.20. The van der Waals surface area contributed by atoms with Gasteiger partial charge in [0, 0.05) is 38.7 Å². The Balaban J connectivity index is 1.81. The molecule has 1 amide bonds. The van der Waals surface area contributed by atoms with Gasteiger partial charge < -0.3 is 15.0 Å². The number of ether oxygens (including phenoxy) is 1. The first-order valence-corrected chi connectivity index (χ1v) is 8.45. The molecule has 1 aliphatic rings. The Morgan fingerprint density at radius 1 is 1.31 bits per heavy atom. The van der Waals surface area contributed by atoms with Crippen LogP contribution in [0.1, 0.15) is 23.5 Å². The van der Waals surface area contributed by atoms with E-state index in [1.165, 1.54) is 13.2 Å². The second-order valence-electron chi connectivity index (χ2n) is 6.20. The van der Waals surface area contributed by atoms with Crippen LogP contribution in [0.5, 0.6) is 0 Å². The summed E-state index contributed by atoms with van der Waals surface area (Å²) in [4.78, 5) is 39.3. The molecule has 0 aromatic carbocycles. The van der Waals surface area contributed by atoms with Crippen molar-refractivity contribution in [3.8, 4) is 0 Å². The van der Waals surface area contributed by atoms with Crippen molar-refractivity contribution in [2.75, 3.05) is 25.2 Å². The molecule has 0 bridgehead atoms. The van der Waals surface area contributed by atoms with Crippen LogP contribution in [-0.2, 0) is 29.2 Å². The van der Waals surface area contributed by atoms with E-state index in [1.54, 1.807) is 17.0 Å². The summed E-state index contributed by atoms with van der Waals surface area (Å²) in [5, 5.41) is 2.69. The van der Waals surface area contributed by atoms with Crippen LogP contribution in [0.25, 0.3) is 0 Å². The lowest BCUT2D eigenvalue weighted by molar-refractivity contribution is -0.124. The molecule has 2 aromatic rings. The first-order chi connectivity index (χ1) is 12.6. The number of carbonyl (C=O) groups excluding carboxylic acids is 1. The number of hydrogen-bond acceptors (Lipinski definition) is 7. The highest BCUT2D eigenvalue weighted by atomic mass is 16.5. The van der Waals surface area contributed by atoms with Crippen molar-refractivity contribution >= 4 is 11.9 Å². The number of carbonyl (C=O) groups is 1. The molecule has 0 fully saturated rings. The number of aromatic nitrogens is 4. The maximum Gasteiger partial charge on any atom is 0.253 e. The lowest BCUT2D eigenvalue weighted by Gasteiger charge is -2.20. The van der Waals surface area contributed by atoms with Crippen molar-refractivity contribution in [2.45, 2.75) is 33.0 Å². The Labute approximate surface area is 151 Å². The molecule has 138 valence electrons. The summed E-state index contributed by atoms with van der Waals surface area (Å²) in [6, 6.07) is 1.47. The molecular weight excluding hydrogens is 336 g/mol. The first kappa shape index (κ1) is 18.0. The zero-order valence-electron chi connectivity index (χ0n) is 14.9. The molecule has 26 heavy (non-hydrogen) atoms. The largest absolute Gasteiger partial charge is 0.375 e. The number of nitrogens with one attached hydrogen (secondary N) is 1. The van der Waals surface area contributed by atoms with E-state index in [-0.39, 0.29) is 24.6 Å². The van der Waals surface area contributed by atoms with Gasteiger partial charge in [-0.15, -0.1) is 0 Å². The third-order valence-corrected chi connectivity index (χ3v) is 4.07. The van der Waals surface area contributed by atoms with Crippen LogP contribution in [0.3, 0.4) is 0 Å². The van der Waals surface area contributed by atoms with Crippen LogP contribution < -0.4 is 15.8 Å². The highest BCUT2D eigenvalue weighted by Gasteiger charge is 2.19. The van der Waals surface area contributed by atoms with Gasteiger partial charge in [0.05, 0.1) is 18.8 Å². The molecule has 0 unspecified atom stereocenters. The van der Waals surface area contributed by atoms with Crippen LogP contribution in [0.2, 0.25) is 0 Å². The number of aryl methyl sites for hydroxylation is 1. The van der Waals surface area contributed by atoms with Crippen LogP contribution in [-0.4, -0.2) is 45.7 Å². The van der Waals surface area contributed by atoms with Gasteiger partial charge >= 0.3 is 0 Å². The number of anilines is 1. The van der Waals surface area contributed by atoms with Gasteiger partial charge in [-0.05, 0) is 18.9 Å². The van der Waals surface area contributed by atoms with Crippen molar-refractivity contribution in [3.63, 3.8) is 0 Å². The molecule has 1 N–H and O–H groups in total. The molecule has 0 saturated carbocycles. The molecule has 0 saturated heterocycles. The smallest absolute Gasteiger partial charge is 0.253 e. The van der Waals surface area contributed by atoms with Crippen molar-refractivity contribution < 1.29 is 9.53 Å². The van der Waals surface area contributed by atoms with Gasteiger partial charge in [-0.25, -0.2) is 15.0 Å². The predicted molar refractivity (Wildman–Crippen MR) is 94.7 cm³/mol. The number of methoxy groups -OCH3 is 1. The fourth-order valence-corrected chi connectivity index (χ4v) is 2.82. The highest BCUT2D eigenvalue weighted by Crippen LogP contribution is 2.15. The molecule has 9 heteroatoms. The number of amides is 1. The topological polar surface area (TPSA) is 102 Å². The summed E-state index contributed by atoms with van der Waals surface area (Å²) < 4.78 is 6.45. The van der Waals surface area contributed by atoms with Crippen molar-refractivity contribution in [1.29, 1.82) is 0 Å². The minimum Gasteiger partial charge on any atom is -0.375 e. The van der Waals surface area contributed by atoms with Crippen molar-refractivity contribution in [2.24, 2.45) is 0 Å². The van der Waals surface area contributed by atoms with Crippen LogP contribution in [0.4, 0.5) is 5.95 Å². The maximum atomic E-state index is 12.4. The van der Waals surface area contributed by atoms with E-state index in [0.717, 1.165) is 18.5 Å². The average molecular weight is 358 g/mol. The van der Waals surface area contributed by atoms with Crippen LogP contribution in [0.15, 0.2) is 23.3 Å². The summed E-state index contributed by atoms with van der Waals surface area (Å²) in [5.41, 5.74) is 1.41. The average Bonchev–Trinajstić information content (AvgIpc) is 2.84. The zero-order chi connectivity index (χ0) is 18.5. The van der Waals surface area contributed by atoms with Gasteiger partial charge in [-0.3, -0.25) is 14.2 Å². The highest BCUT2D eigenvalue weighted by molar-refractivity contribution is 5.77. The van der Waals surface area contributed by atoms with Gasteiger partial charge in [0.15, 0.2) is 0 Å². The first-order valence-electron chi connectivity index (χ1n) is 8.45. The molecule has 0 spiro atoms. The minimum atomic E-state index is -0.251. The molecular formula is C17H22N6O3. The normalized spacial score (nSPS) is 13.8. The van der Waals surface area contributed by atoms with E-state index in [0.29, 0.717) is 30.6 Å². The molecule has 0 aliphatic carbocycles. The lowest BCUT2D eigenvalue weighted by Crippen LogP contribution is -2.31. The third-order valence-electron chi connectivity index (χ3n) is 4.07. The Morgan fingerprint density at radius 3 is 2.81 bits per heavy atom. The van der Waals surface area contributed by atoms with Gasteiger partial charge in [-0.2, -0.15) is 0 Å². The minimum absolute atomic E-state index is 0.0253. The molecule has 1 aliphatic heterocycles. The number of rotatable bonds is 5. The SMILES string of the molecule is COCC(=O)NCc1cc(=O)n2c(n1)CN(c1ncc(C)cn1)CCC2. The Hall–Kier alpha value is -2.81.